The van der Waals surface area contributed by atoms with E-state index in [-0.39, 0.29) is 11.7 Å². The smallest absolute Gasteiger partial charge is 0.101 e. The molecule has 0 aromatic rings. The first-order chi connectivity index (χ1) is 5.33. The summed E-state index contributed by atoms with van der Waals surface area (Å²) in [5.41, 5.74) is 0.0451. The molecule has 2 rings (SSSR count). The van der Waals surface area contributed by atoms with Crippen LogP contribution in [0.3, 0.4) is 0 Å². The molecule has 11 heavy (non-hydrogen) atoms. The van der Waals surface area contributed by atoms with Gasteiger partial charge in [0, 0.05) is 20.1 Å². The Morgan fingerprint density at radius 2 is 2.27 bits per heavy atom. The van der Waals surface area contributed by atoms with Gasteiger partial charge in [0.2, 0.25) is 0 Å². The van der Waals surface area contributed by atoms with E-state index in [0.29, 0.717) is 5.92 Å². The van der Waals surface area contributed by atoms with E-state index in [1.807, 2.05) is 0 Å². The van der Waals surface area contributed by atoms with Crippen molar-refractivity contribution >= 4 is 0 Å². The van der Waals surface area contributed by atoms with Crippen molar-refractivity contribution in [3.05, 3.63) is 12.2 Å². The summed E-state index contributed by atoms with van der Waals surface area (Å²) in [6, 6.07) is 0. The Morgan fingerprint density at radius 3 is 2.82 bits per heavy atom. The van der Waals surface area contributed by atoms with Crippen molar-refractivity contribution in [1.82, 2.24) is 0 Å². The molecule has 0 aromatic heterocycles. The molecular weight excluding hydrogens is 140 g/mol. The minimum absolute atomic E-state index is 0.0451. The molecule has 2 aliphatic carbocycles. The Morgan fingerprint density at radius 1 is 1.45 bits per heavy atom. The van der Waals surface area contributed by atoms with E-state index >= 15 is 0 Å². The largest absolute Gasteiger partial charge is 0.378 e. The molecule has 0 aliphatic heterocycles. The lowest BCUT2D eigenvalue weighted by Crippen LogP contribution is -2.35. The second kappa shape index (κ2) is 2.32. The third-order valence-corrected chi connectivity index (χ3v) is 2.93. The molecule has 2 heteroatoms. The van der Waals surface area contributed by atoms with Crippen LogP contribution < -0.4 is 0 Å². The van der Waals surface area contributed by atoms with Gasteiger partial charge >= 0.3 is 0 Å². The third kappa shape index (κ3) is 0.861. The van der Waals surface area contributed by atoms with Gasteiger partial charge in [-0.3, -0.25) is 0 Å². The minimum Gasteiger partial charge on any atom is -0.378 e. The van der Waals surface area contributed by atoms with Crippen molar-refractivity contribution < 1.29 is 9.47 Å². The molecule has 0 radical (unpaired) electrons. The second-order valence-corrected chi connectivity index (χ2v) is 3.36. The molecule has 3 atom stereocenters. The Kier molecular flexibility index (Phi) is 1.55. The normalized spacial score (nSPS) is 47.1. The molecule has 2 nitrogen and oxygen atoms in total. The van der Waals surface area contributed by atoms with Gasteiger partial charge in [0.15, 0.2) is 0 Å². The number of hydrogen-bond acceptors (Lipinski definition) is 2. The molecule has 0 heterocycles. The lowest BCUT2D eigenvalue weighted by molar-refractivity contribution is -0.0608. The van der Waals surface area contributed by atoms with Crippen molar-refractivity contribution in [3.8, 4) is 0 Å². The van der Waals surface area contributed by atoms with Crippen molar-refractivity contribution in [1.29, 1.82) is 0 Å². The summed E-state index contributed by atoms with van der Waals surface area (Å²) in [5.74, 6) is 0.617. The average Bonchev–Trinajstić information content (AvgIpc) is 2.78. The highest BCUT2D eigenvalue weighted by Gasteiger charge is 2.60. The van der Waals surface area contributed by atoms with Crippen molar-refractivity contribution in [2.24, 2.45) is 5.92 Å². The predicted molar refractivity (Wildman–Crippen MR) is 42.4 cm³/mol. The number of hydrogen-bond donors (Lipinski definition) is 0. The molecule has 62 valence electrons. The minimum atomic E-state index is 0.0451. The Balaban J connectivity index is 2.16. The van der Waals surface area contributed by atoms with Crippen LogP contribution in [0.2, 0.25) is 0 Å². The van der Waals surface area contributed by atoms with E-state index in [1.165, 1.54) is 0 Å². The highest BCUT2D eigenvalue weighted by atomic mass is 16.5. The van der Waals surface area contributed by atoms with Gasteiger partial charge < -0.3 is 9.47 Å². The van der Waals surface area contributed by atoms with Crippen LogP contribution in [0.4, 0.5) is 0 Å². The Hall–Kier alpha value is -0.340. The second-order valence-electron chi connectivity index (χ2n) is 3.36. The molecule has 2 aliphatic rings. The van der Waals surface area contributed by atoms with Crippen LogP contribution in [-0.2, 0) is 9.47 Å². The highest BCUT2D eigenvalue weighted by Crippen LogP contribution is 2.53. The third-order valence-electron chi connectivity index (χ3n) is 2.93. The van der Waals surface area contributed by atoms with Crippen LogP contribution >= 0.6 is 0 Å². The lowest BCUT2D eigenvalue weighted by Gasteiger charge is -2.26. The van der Waals surface area contributed by atoms with E-state index in [1.54, 1.807) is 14.2 Å². The van der Waals surface area contributed by atoms with Gasteiger partial charge in [-0.15, -0.1) is 0 Å². The zero-order chi connectivity index (χ0) is 7.90. The first kappa shape index (κ1) is 7.32. The number of rotatable bonds is 2. The van der Waals surface area contributed by atoms with Crippen molar-refractivity contribution in [3.63, 3.8) is 0 Å². The van der Waals surface area contributed by atoms with E-state index in [9.17, 15) is 0 Å². The van der Waals surface area contributed by atoms with Crippen molar-refractivity contribution in [2.45, 2.75) is 24.5 Å². The molecule has 1 fully saturated rings. The molecule has 0 aromatic carbocycles. The first-order valence-corrected chi connectivity index (χ1v) is 4.08. The zero-order valence-corrected chi connectivity index (χ0v) is 7.04. The summed E-state index contributed by atoms with van der Waals surface area (Å²) in [5, 5.41) is 0. The summed E-state index contributed by atoms with van der Waals surface area (Å²) in [6.07, 6.45) is 6.86. The number of ether oxygens (including phenoxy) is 2. The average molecular weight is 154 g/mol. The maximum absolute atomic E-state index is 5.48. The SMILES string of the molecule is CO[C@@H]1CC=C[C@H]2CC21OC. The van der Waals surface area contributed by atoms with Gasteiger partial charge in [0.1, 0.15) is 5.60 Å². The predicted octanol–water partition coefficient (Wildman–Crippen LogP) is 1.37. The lowest BCUT2D eigenvalue weighted by atomic mass is 10.0. The maximum atomic E-state index is 5.48. The van der Waals surface area contributed by atoms with Gasteiger partial charge in [-0.25, -0.2) is 0 Å². The summed E-state index contributed by atoms with van der Waals surface area (Å²) in [7, 11) is 3.55. The first-order valence-electron chi connectivity index (χ1n) is 4.08. The molecule has 0 amide bonds. The van der Waals surface area contributed by atoms with Crippen LogP contribution in [0, 0.1) is 5.92 Å². The Labute approximate surface area is 67.2 Å². The summed E-state index contributed by atoms with van der Waals surface area (Å²) < 4.78 is 10.8. The van der Waals surface area contributed by atoms with Crippen LogP contribution in [0.25, 0.3) is 0 Å². The highest BCUT2D eigenvalue weighted by molar-refractivity contribution is 5.22. The topological polar surface area (TPSA) is 18.5 Å². The van der Waals surface area contributed by atoms with E-state index in [4.69, 9.17) is 9.47 Å². The molecule has 1 saturated carbocycles. The van der Waals surface area contributed by atoms with Crippen LogP contribution in [0.15, 0.2) is 12.2 Å². The van der Waals surface area contributed by atoms with Gasteiger partial charge in [-0.05, 0) is 12.8 Å². The number of methoxy groups -OCH3 is 2. The van der Waals surface area contributed by atoms with Gasteiger partial charge in [0.25, 0.3) is 0 Å². The van der Waals surface area contributed by atoms with E-state index in [0.717, 1.165) is 12.8 Å². The van der Waals surface area contributed by atoms with Crippen LogP contribution in [-0.4, -0.2) is 25.9 Å². The standard InChI is InChI=1S/C9H14O2/c1-10-8-5-3-4-7-6-9(7,8)11-2/h3-4,7-8H,5-6H2,1-2H3/t7-,8+,9?/m0/s1. The fourth-order valence-corrected chi connectivity index (χ4v) is 2.11. The molecule has 0 saturated heterocycles. The fraction of sp³-hybridized carbons (Fsp3) is 0.778. The zero-order valence-electron chi connectivity index (χ0n) is 7.04. The van der Waals surface area contributed by atoms with Gasteiger partial charge in [-0.2, -0.15) is 0 Å². The van der Waals surface area contributed by atoms with E-state index in [2.05, 4.69) is 12.2 Å². The summed E-state index contributed by atoms with van der Waals surface area (Å²) in [4.78, 5) is 0. The maximum Gasteiger partial charge on any atom is 0.101 e. The van der Waals surface area contributed by atoms with Gasteiger partial charge in [-0.1, -0.05) is 12.2 Å². The quantitative estimate of drug-likeness (QED) is 0.559. The fourth-order valence-electron chi connectivity index (χ4n) is 2.11. The van der Waals surface area contributed by atoms with Crippen molar-refractivity contribution in [2.75, 3.05) is 14.2 Å². The van der Waals surface area contributed by atoms with Crippen LogP contribution in [0.1, 0.15) is 12.8 Å². The van der Waals surface area contributed by atoms with E-state index < -0.39 is 0 Å². The summed E-state index contributed by atoms with van der Waals surface area (Å²) in [6.45, 7) is 0. The van der Waals surface area contributed by atoms with Crippen LogP contribution in [0.5, 0.6) is 0 Å². The summed E-state index contributed by atoms with van der Waals surface area (Å²) >= 11 is 0. The van der Waals surface area contributed by atoms with Gasteiger partial charge in [0.05, 0.1) is 6.10 Å². The Bertz CT molecular complexity index is 188. The number of fused-ring (bicyclic) bond motifs is 1. The monoisotopic (exact) mass is 154 g/mol. The molecule has 0 bridgehead atoms. The molecule has 0 spiro atoms. The molecule has 1 unspecified atom stereocenters. The molecule has 0 N–H and O–H groups in total. The molecular formula is C9H14O2.